The third-order valence-electron chi connectivity index (χ3n) is 5.78. The summed E-state index contributed by atoms with van der Waals surface area (Å²) in [6.07, 6.45) is 7.19. The van der Waals surface area contributed by atoms with Gasteiger partial charge in [0.15, 0.2) is 0 Å². The smallest absolute Gasteiger partial charge is 0.417 e. The van der Waals surface area contributed by atoms with Gasteiger partial charge in [-0.2, -0.15) is 0 Å². The van der Waals surface area contributed by atoms with E-state index in [1.807, 2.05) is 19.1 Å². The van der Waals surface area contributed by atoms with E-state index in [2.05, 4.69) is 19.8 Å². The van der Waals surface area contributed by atoms with E-state index in [-0.39, 0.29) is 25.3 Å². The fraction of sp³-hybridized carbons (Fsp3) is 0.400. The van der Waals surface area contributed by atoms with Gasteiger partial charge in [0.25, 0.3) is 0 Å². The second kappa shape index (κ2) is 8.86. The zero-order chi connectivity index (χ0) is 24.5. The van der Waals surface area contributed by atoms with Crippen LogP contribution in [0.3, 0.4) is 0 Å². The minimum atomic E-state index is -0.962. The molecule has 0 aromatic carbocycles. The summed E-state index contributed by atoms with van der Waals surface area (Å²) in [4.78, 5) is 31.4. The molecule has 4 rings (SSSR count). The summed E-state index contributed by atoms with van der Waals surface area (Å²) in [5, 5.41) is 0. The van der Waals surface area contributed by atoms with Gasteiger partial charge in [0.1, 0.15) is 11.8 Å². The van der Waals surface area contributed by atoms with E-state index in [0.717, 1.165) is 11.3 Å². The fourth-order valence-electron chi connectivity index (χ4n) is 4.26. The van der Waals surface area contributed by atoms with E-state index < -0.39 is 23.3 Å². The number of carbonyl (C=O) groups is 1. The zero-order valence-electron chi connectivity index (χ0n) is 19.7. The molecule has 1 aliphatic carbocycles. The Morgan fingerprint density at radius 2 is 2.00 bits per heavy atom. The zero-order valence-corrected chi connectivity index (χ0v) is 19.7. The minimum absolute atomic E-state index is 0.144. The fourth-order valence-corrected chi connectivity index (χ4v) is 4.26. The van der Waals surface area contributed by atoms with E-state index in [1.54, 1.807) is 62.4 Å². The number of nitrogens with zero attached hydrogens (tertiary/aromatic N) is 6. The maximum absolute atomic E-state index is 14.2. The Labute approximate surface area is 198 Å². The van der Waals surface area contributed by atoms with Crippen molar-refractivity contribution in [1.82, 2.24) is 19.5 Å². The molecule has 0 unspecified atom stereocenters. The summed E-state index contributed by atoms with van der Waals surface area (Å²) in [5.74, 6) is 0.158. The Hall–Kier alpha value is -3.80. The number of anilines is 1. The first-order chi connectivity index (χ1) is 16.1. The molecule has 1 amide bonds. The predicted molar refractivity (Wildman–Crippen MR) is 126 cm³/mol. The Morgan fingerprint density at radius 1 is 1.29 bits per heavy atom. The minimum Gasteiger partial charge on any atom is -0.443 e. The maximum Gasteiger partial charge on any atom is 0.417 e. The molecule has 0 radical (unpaired) electrons. The van der Waals surface area contributed by atoms with Crippen LogP contribution >= 0.6 is 0 Å². The molecule has 3 aromatic heterocycles. The molecule has 3 heterocycles. The van der Waals surface area contributed by atoms with Gasteiger partial charge in [0.2, 0.25) is 11.6 Å². The van der Waals surface area contributed by atoms with Crippen LogP contribution in [0.25, 0.3) is 10.5 Å². The highest BCUT2D eigenvalue weighted by atomic mass is 19.1. The molecule has 1 aliphatic rings. The van der Waals surface area contributed by atoms with Gasteiger partial charge < -0.3 is 9.30 Å². The standard InChI is InChI=1S/C25H27FN6O2/c1-17-7-6-9-28-21(17)25(11-18(26)12-25)16-32(23(33)34-24(2,3)4)22-29-13-20(14-30-22)31-10-8-19(15-31)27-5/h6-10,13-15,18H,11-12,16H2,1-4H3. The number of carbonyl (C=O) groups excluding carboxylic acids is 1. The lowest BCUT2D eigenvalue weighted by Crippen LogP contribution is -2.54. The monoisotopic (exact) mass is 462 g/mol. The summed E-state index contributed by atoms with van der Waals surface area (Å²) in [6, 6.07) is 5.47. The van der Waals surface area contributed by atoms with E-state index in [1.165, 1.54) is 4.90 Å². The summed E-state index contributed by atoms with van der Waals surface area (Å²) >= 11 is 0. The number of pyridine rings is 1. The molecule has 3 aromatic rings. The van der Waals surface area contributed by atoms with Crippen molar-refractivity contribution >= 4 is 17.7 Å². The van der Waals surface area contributed by atoms with Gasteiger partial charge >= 0.3 is 6.09 Å². The van der Waals surface area contributed by atoms with Crippen LogP contribution in [0.5, 0.6) is 0 Å². The number of aryl methyl sites for hydroxylation is 1. The topological polar surface area (TPSA) is 77.5 Å². The molecular weight excluding hydrogens is 435 g/mol. The lowest BCUT2D eigenvalue weighted by molar-refractivity contribution is 0.0509. The number of hydrogen-bond acceptors (Lipinski definition) is 5. The summed E-state index contributed by atoms with van der Waals surface area (Å²) in [7, 11) is 0. The number of alkyl halides is 1. The molecule has 0 aliphatic heterocycles. The molecule has 0 N–H and O–H groups in total. The van der Waals surface area contributed by atoms with Crippen LogP contribution in [0.15, 0.2) is 49.2 Å². The van der Waals surface area contributed by atoms with Gasteiger partial charge in [-0.15, -0.1) is 0 Å². The van der Waals surface area contributed by atoms with E-state index in [4.69, 9.17) is 11.3 Å². The van der Waals surface area contributed by atoms with Crippen molar-refractivity contribution in [1.29, 1.82) is 0 Å². The largest absolute Gasteiger partial charge is 0.443 e. The van der Waals surface area contributed by atoms with Crippen molar-refractivity contribution in [3.63, 3.8) is 0 Å². The lowest BCUT2D eigenvalue weighted by atomic mass is 9.64. The third-order valence-corrected chi connectivity index (χ3v) is 5.78. The molecule has 0 bridgehead atoms. The molecular formula is C25H27FN6O2. The first-order valence-electron chi connectivity index (χ1n) is 11.0. The molecule has 0 atom stereocenters. The van der Waals surface area contributed by atoms with Gasteiger partial charge in [-0.3, -0.25) is 4.98 Å². The van der Waals surface area contributed by atoms with E-state index >= 15 is 0 Å². The highest BCUT2D eigenvalue weighted by Gasteiger charge is 2.50. The van der Waals surface area contributed by atoms with Crippen LogP contribution in [0.2, 0.25) is 0 Å². The second-order valence-corrected chi connectivity index (χ2v) is 9.65. The highest BCUT2D eigenvalue weighted by molar-refractivity contribution is 5.86. The second-order valence-electron chi connectivity index (χ2n) is 9.65. The van der Waals surface area contributed by atoms with Crippen molar-refractivity contribution in [2.45, 2.75) is 57.7 Å². The molecule has 1 saturated carbocycles. The number of aromatic nitrogens is 4. The van der Waals surface area contributed by atoms with Crippen molar-refractivity contribution in [2.75, 3.05) is 11.4 Å². The van der Waals surface area contributed by atoms with Crippen LogP contribution in [-0.2, 0) is 10.2 Å². The molecule has 8 nitrogen and oxygen atoms in total. The normalized spacial score (nSPS) is 19.7. The van der Waals surface area contributed by atoms with Crippen molar-refractivity contribution in [3.8, 4) is 5.69 Å². The Kier molecular flexibility index (Phi) is 6.09. The molecule has 34 heavy (non-hydrogen) atoms. The van der Waals surface area contributed by atoms with Gasteiger partial charge in [-0.25, -0.2) is 28.9 Å². The van der Waals surface area contributed by atoms with Crippen molar-refractivity contribution in [3.05, 3.63) is 71.9 Å². The van der Waals surface area contributed by atoms with Crippen molar-refractivity contribution < 1.29 is 13.9 Å². The van der Waals surface area contributed by atoms with Crippen LogP contribution in [0.1, 0.15) is 44.9 Å². The number of halogens is 1. The predicted octanol–water partition coefficient (Wildman–Crippen LogP) is 5.33. The van der Waals surface area contributed by atoms with Gasteiger partial charge in [-0.1, -0.05) is 6.07 Å². The first-order valence-corrected chi connectivity index (χ1v) is 11.0. The average Bonchev–Trinajstić information content (AvgIpc) is 3.24. The van der Waals surface area contributed by atoms with Gasteiger partial charge in [0, 0.05) is 24.4 Å². The quantitative estimate of drug-likeness (QED) is 0.479. The molecule has 176 valence electrons. The molecule has 9 heteroatoms. The summed E-state index contributed by atoms with van der Waals surface area (Å²) < 4.78 is 21.6. The number of hydrogen-bond donors (Lipinski definition) is 0. The van der Waals surface area contributed by atoms with E-state index in [0.29, 0.717) is 11.4 Å². The maximum atomic E-state index is 14.2. The SMILES string of the molecule is [C-]#[N+]c1ccn(-c2cnc(N(CC3(c4ncccc4C)CC(F)C3)C(=O)OC(C)(C)C)nc2)c1. The molecule has 1 fully saturated rings. The van der Waals surface area contributed by atoms with E-state index in [9.17, 15) is 9.18 Å². The number of ether oxygens (including phenoxy) is 1. The van der Waals surface area contributed by atoms with Gasteiger partial charge in [0.05, 0.1) is 30.3 Å². The Balaban J connectivity index is 1.69. The third kappa shape index (κ3) is 4.76. The first kappa shape index (κ1) is 23.4. The van der Waals surface area contributed by atoms with Crippen LogP contribution in [0.4, 0.5) is 20.8 Å². The number of amides is 1. The molecule has 0 spiro atoms. The highest BCUT2D eigenvalue weighted by Crippen LogP contribution is 2.46. The Morgan fingerprint density at radius 3 is 2.56 bits per heavy atom. The lowest BCUT2D eigenvalue weighted by Gasteiger charge is -2.46. The van der Waals surface area contributed by atoms with Crippen molar-refractivity contribution in [2.24, 2.45) is 0 Å². The summed E-state index contributed by atoms with van der Waals surface area (Å²) in [5.41, 5.74) is 1.47. The average molecular weight is 463 g/mol. The number of rotatable bonds is 5. The Bertz CT molecular complexity index is 1220. The van der Waals surface area contributed by atoms with Gasteiger partial charge in [-0.05, 0) is 64.4 Å². The van der Waals surface area contributed by atoms with Crippen LogP contribution < -0.4 is 4.90 Å². The summed E-state index contributed by atoms with van der Waals surface area (Å²) in [6.45, 7) is 14.6. The van der Waals surface area contributed by atoms with Crippen LogP contribution in [0, 0.1) is 13.5 Å². The molecule has 0 saturated heterocycles. The van der Waals surface area contributed by atoms with Crippen LogP contribution in [-0.4, -0.2) is 43.9 Å².